The van der Waals surface area contributed by atoms with E-state index in [2.05, 4.69) is 0 Å². The minimum Gasteiger partial charge on any atom is -0.478 e. The molecule has 0 spiro atoms. The monoisotopic (exact) mass is 256 g/mol. The van der Waals surface area contributed by atoms with Gasteiger partial charge in [-0.1, -0.05) is 0 Å². The number of carboxylic acids is 1. The molecule has 2 rings (SSSR count). The number of amides is 1. The Bertz CT molecular complexity index is 497. The number of thiophene rings is 1. The maximum Gasteiger partial charge on any atom is 0.407 e. The second-order valence-electron chi connectivity index (χ2n) is 4.01. The lowest BCUT2D eigenvalue weighted by atomic mass is 9.98. The first-order chi connectivity index (χ1) is 7.91. The highest BCUT2D eigenvalue weighted by Gasteiger charge is 2.32. The number of aromatic carboxylic acids is 1. The summed E-state index contributed by atoms with van der Waals surface area (Å²) in [5, 5.41) is 18.3. The zero-order valence-corrected chi connectivity index (χ0v) is 9.95. The van der Waals surface area contributed by atoms with E-state index in [9.17, 15) is 9.59 Å². The molecule has 1 aromatic rings. The minimum atomic E-state index is -1.05. The Morgan fingerprint density at radius 3 is 2.65 bits per heavy atom. The molecule has 0 saturated heterocycles. The van der Waals surface area contributed by atoms with E-state index in [0.29, 0.717) is 12.0 Å². The quantitative estimate of drug-likeness (QED) is 0.705. The molecule has 2 heterocycles. The predicted octanol–water partition coefficient (Wildman–Crippen LogP) is 1.45. The Hall–Kier alpha value is -1.76. The Labute approximate surface area is 101 Å². The zero-order chi connectivity index (χ0) is 12.7. The second-order valence-corrected chi connectivity index (χ2v) is 5.15. The van der Waals surface area contributed by atoms with Crippen LogP contribution in [0.3, 0.4) is 0 Å². The number of fused-ring (bicyclic) bond motifs is 1. The first-order valence-corrected chi connectivity index (χ1v) is 5.86. The lowest BCUT2D eigenvalue weighted by Gasteiger charge is -2.31. The summed E-state index contributed by atoms with van der Waals surface area (Å²) in [4.78, 5) is 24.1. The van der Waals surface area contributed by atoms with Crippen molar-refractivity contribution in [2.24, 2.45) is 0 Å². The van der Waals surface area contributed by atoms with Crippen molar-refractivity contribution in [3.05, 3.63) is 16.0 Å². The van der Waals surface area contributed by atoms with Gasteiger partial charge in [0.1, 0.15) is 5.00 Å². The van der Waals surface area contributed by atoms with Crippen LogP contribution in [0.1, 0.15) is 27.7 Å². The number of nitrogens with two attached hydrogens (primary N) is 1. The zero-order valence-electron chi connectivity index (χ0n) is 9.14. The van der Waals surface area contributed by atoms with E-state index in [-0.39, 0.29) is 23.2 Å². The van der Waals surface area contributed by atoms with Crippen LogP contribution in [-0.2, 0) is 13.0 Å². The van der Waals surface area contributed by atoms with Crippen LogP contribution < -0.4 is 5.73 Å². The molecule has 1 aliphatic heterocycles. The number of carboxylic acid groups (broad SMARTS) is 2. The van der Waals surface area contributed by atoms with Gasteiger partial charge in [-0.2, -0.15) is 0 Å². The van der Waals surface area contributed by atoms with E-state index >= 15 is 0 Å². The Balaban J connectivity index is 2.45. The van der Waals surface area contributed by atoms with Gasteiger partial charge in [-0.15, -0.1) is 11.3 Å². The largest absolute Gasteiger partial charge is 0.478 e. The van der Waals surface area contributed by atoms with E-state index in [1.807, 2.05) is 0 Å². The average Bonchev–Trinajstić information content (AvgIpc) is 2.51. The maximum absolute atomic E-state index is 11.1. The van der Waals surface area contributed by atoms with E-state index in [1.54, 1.807) is 6.92 Å². The van der Waals surface area contributed by atoms with E-state index < -0.39 is 12.1 Å². The molecule has 0 saturated carbocycles. The molecule has 1 amide bonds. The molecule has 4 N–H and O–H groups in total. The van der Waals surface area contributed by atoms with Crippen LogP contribution in [0.5, 0.6) is 0 Å². The summed E-state index contributed by atoms with van der Waals surface area (Å²) in [6.45, 7) is 1.98. The molecule has 0 bridgehead atoms. The predicted molar refractivity (Wildman–Crippen MR) is 62.4 cm³/mol. The van der Waals surface area contributed by atoms with Crippen molar-refractivity contribution >= 4 is 28.4 Å². The van der Waals surface area contributed by atoms with Crippen molar-refractivity contribution in [3.63, 3.8) is 0 Å². The molecular weight excluding hydrogens is 244 g/mol. The van der Waals surface area contributed by atoms with Crippen LogP contribution in [0.4, 0.5) is 9.80 Å². The van der Waals surface area contributed by atoms with E-state index in [4.69, 9.17) is 15.9 Å². The number of hydrogen-bond donors (Lipinski definition) is 3. The summed E-state index contributed by atoms with van der Waals surface area (Å²) >= 11 is 1.16. The lowest BCUT2D eigenvalue weighted by molar-refractivity contribution is 0.0696. The van der Waals surface area contributed by atoms with Crippen molar-refractivity contribution in [3.8, 4) is 0 Å². The van der Waals surface area contributed by atoms with Gasteiger partial charge < -0.3 is 20.8 Å². The van der Waals surface area contributed by atoms with E-state index in [0.717, 1.165) is 16.2 Å². The summed E-state index contributed by atoms with van der Waals surface area (Å²) in [7, 11) is 0. The van der Waals surface area contributed by atoms with Crippen LogP contribution in [0, 0.1) is 0 Å². The molecule has 0 aliphatic carbocycles. The SMILES string of the molecule is CC1Cc2c(sc(N)c2C(=O)O)CN1C(=O)O. The van der Waals surface area contributed by atoms with E-state index in [1.165, 1.54) is 4.90 Å². The molecular formula is C10H12N2O4S. The highest BCUT2D eigenvalue weighted by atomic mass is 32.1. The van der Waals surface area contributed by atoms with Gasteiger partial charge in [-0.3, -0.25) is 0 Å². The van der Waals surface area contributed by atoms with Crippen molar-refractivity contribution in [1.82, 2.24) is 4.90 Å². The van der Waals surface area contributed by atoms with Crippen LogP contribution in [0.15, 0.2) is 0 Å². The highest BCUT2D eigenvalue weighted by Crippen LogP contribution is 2.36. The van der Waals surface area contributed by atoms with Crippen molar-refractivity contribution < 1.29 is 19.8 Å². The molecule has 0 fully saturated rings. The molecule has 17 heavy (non-hydrogen) atoms. The van der Waals surface area contributed by atoms with Gasteiger partial charge in [-0.05, 0) is 18.9 Å². The topological polar surface area (TPSA) is 104 Å². The standard InChI is InChI=1S/C10H12N2O4S/c1-4-2-5-6(3-12(4)10(15)16)17-8(11)7(5)9(13)14/h4H,2-3,11H2,1H3,(H,13,14)(H,15,16). The van der Waals surface area contributed by atoms with Gasteiger partial charge in [0.2, 0.25) is 0 Å². The number of nitrogen functional groups attached to an aromatic ring is 1. The third-order valence-corrected chi connectivity index (χ3v) is 3.97. The van der Waals surface area contributed by atoms with Gasteiger partial charge >= 0.3 is 12.1 Å². The summed E-state index contributed by atoms with van der Waals surface area (Å²) in [6, 6.07) is -0.230. The molecule has 0 aromatic carbocycles. The summed E-state index contributed by atoms with van der Waals surface area (Å²) in [6.07, 6.45) is -0.594. The van der Waals surface area contributed by atoms with Crippen molar-refractivity contribution in [1.29, 1.82) is 0 Å². The Morgan fingerprint density at radius 2 is 2.12 bits per heavy atom. The minimum absolute atomic E-state index is 0.141. The fourth-order valence-corrected chi connectivity index (χ4v) is 3.17. The number of anilines is 1. The van der Waals surface area contributed by atoms with Gasteiger partial charge in [0, 0.05) is 10.9 Å². The first-order valence-electron chi connectivity index (χ1n) is 5.04. The number of rotatable bonds is 1. The smallest absolute Gasteiger partial charge is 0.407 e. The molecule has 92 valence electrons. The number of nitrogens with zero attached hydrogens (tertiary/aromatic N) is 1. The third kappa shape index (κ3) is 1.82. The number of carbonyl (C=O) groups is 2. The highest BCUT2D eigenvalue weighted by molar-refractivity contribution is 7.16. The molecule has 1 aliphatic rings. The van der Waals surface area contributed by atoms with Gasteiger partial charge in [0.05, 0.1) is 12.1 Å². The Kier molecular flexibility index (Phi) is 2.70. The lowest BCUT2D eigenvalue weighted by Crippen LogP contribution is -2.41. The molecule has 7 heteroatoms. The molecule has 1 aromatic heterocycles. The summed E-state index contributed by atoms with van der Waals surface area (Å²) in [5.41, 5.74) is 6.49. The fourth-order valence-electron chi connectivity index (χ4n) is 2.08. The van der Waals surface area contributed by atoms with Gasteiger partial charge in [0.25, 0.3) is 0 Å². The third-order valence-electron chi connectivity index (χ3n) is 2.92. The van der Waals surface area contributed by atoms with Gasteiger partial charge in [0.15, 0.2) is 0 Å². The Morgan fingerprint density at radius 1 is 1.47 bits per heavy atom. The maximum atomic E-state index is 11.1. The molecule has 1 unspecified atom stereocenters. The second kappa shape index (κ2) is 3.92. The average molecular weight is 256 g/mol. The van der Waals surface area contributed by atoms with Crippen molar-refractivity contribution in [2.75, 3.05) is 5.73 Å². The summed E-state index contributed by atoms with van der Waals surface area (Å²) < 4.78 is 0. The van der Waals surface area contributed by atoms with Crippen LogP contribution in [-0.4, -0.2) is 33.2 Å². The van der Waals surface area contributed by atoms with Crippen LogP contribution in [0.25, 0.3) is 0 Å². The number of hydrogen-bond acceptors (Lipinski definition) is 4. The van der Waals surface area contributed by atoms with Crippen LogP contribution >= 0.6 is 11.3 Å². The van der Waals surface area contributed by atoms with Gasteiger partial charge in [-0.25, -0.2) is 9.59 Å². The molecule has 6 nitrogen and oxygen atoms in total. The normalized spacial score (nSPS) is 18.9. The molecule has 1 atom stereocenters. The van der Waals surface area contributed by atoms with Crippen LogP contribution in [0.2, 0.25) is 0 Å². The first kappa shape index (κ1) is 11.7. The fraction of sp³-hybridized carbons (Fsp3) is 0.400. The summed E-state index contributed by atoms with van der Waals surface area (Å²) in [5.74, 6) is -1.05. The van der Waals surface area contributed by atoms with Crippen molar-refractivity contribution in [2.45, 2.75) is 25.9 Å². The molecule has 0 radical (unpaired) electrons.